The maximum absolute atomic E-state index is 13.4. The van der Waals surface area contributed by atoms with Gasteiger partial charge in [-0.15, -0.1) is 0 Å². The minimum Gasteiger partial charge on any atom is -0.484 e. The van der Waals surface area contributed by atoms with Crippen molar-refractivity contribution in [2.45, 2.75) is 51.2 Å². The average Bonchev–Trinajstić information content (AvgIpc) is 3.31. The number of aromatic carboxylic acids is 1. The number of carboxylic acids is 1. The SMILES string of the molecule is N#Cc1cc(F)ccc1OCc1nccc(OC2CCN(Cc3nc4ccc(C(=O)O)cc4n3C[C@@H]3CCO3)CC2)n1. The number of carbonyl (C=O) groups is 1. The maximum Gasteiger partial charge on any atom is 0.335 e. The number of likely N-dealkylation sites (tertiary alicyclic amines) is 1. The monoisotopic (exact) mass is 572 g/mol. The lowest BCUT2D eigenvalue weighted by Gasteiger charge is -2.32. The third-order valence-electron chi connectivity index (χ3n) is 7.54. The first-order valence-electron chi connectivity index (χ1n) is 13.8. The summed E-state index contributed by atoms with van der Waals surface area (Å²) in [6.45, 7) is 3.65. The number of ether oxygens (including phenoxy) is 3. The molecule has 4 heterocycles. The lowest BCUT2D eigenvalue weighted by molar-refractivity contribution is -0.0592. The minimum absolute atomic E-state index is 0.0107. The van der Waals surface area contributed by atoms with Crippen molar-refractivity contribution >= 4 is 17.0 Å². The van der Waals surface area contributed by atoms with Crippen molar-refractivity contribution in [1.82, 2.24) is 24.4 Å². The zero-order valence-electron chi connectivity index (χ0n) is 22.8. The highest BCUT2D eigenvalue weighted by molar-refractivity contribution is 5.92. The van der Waals surface area contributed by atoms with Crippen molar-refractivity contribution in [3.05, 3.63) is 77.3 Å². The van der Waals surface area contributed by atoms with Crippen molar-refractivity contribution in [3.8, 4) is 17.7 Å². The van der Waals surface area contributed by atoms with Gasteiger partial charge in [-0.2, -0.15) is 10.2 Å². The van der Waals surface area contributed by atoms with Gasteiger partial charge in [-0.1, -0.05) is 0 Å². The molecule has 4 aromatic rings. The summed E-state index contributed by atoms with van der Waals surface area (Å²) >= 11 is 0. The van der Waals surface area contributed by atoms with Crippen LogP contribution in [0.15, 0.2) is 48.7 Å². The van der Waals surface area contributed by atoms with E-state index in [-0.39, 0.29) is 35.7 Å². The van der Waals surface area contributed by atoms with Crippen LogP contribution in [0.2, 0.25) is 0 Å². The number of halogens is 1. The number of aromatic nitrogens is 4. The van der Waals surface area contributed by atoms with E-state index < -0.39 is 11.8 Å². The highest BCUT2D eigenvalue weighted by atomic mass is 19.1. The second-order valence-corrected chi connectivity index (χ2v) is 10.4. The van der Waals surface area contributed by atoms with Crippen LogP contribution < -0.4 is 9.47 Å². The fraction of sp³-hybridized carbons (Fsp3) is 0.367. The fourth-order valence-electron chi connectivity index (χ4n) is 5.19. The van der Waals surface area contributed by atoms with Crippen LogP contribution in [0.25, 0.3) is 11.0 Å². The number of rotatable bonds is 10. The van der Waals surface area contributed by atoms with Crippen LogP contribution in [0.5, 0.6) is 11.6 Å². The molecule has 6 rings (SSSR count). The lowest BCUT2D eigenvalue weighted by atomic mass is 10.1. The number of imidazole rings is 1. The summed E-state index contributed by atoms with van der Waals surface area (Å²) in [6, 6.07) is 12.4. The summed E-state index contributed by atoms with van der Waals surface area (Å²) in [7, 11) is 0. The Balaban J connectivity index is 1.06. The van der Waals surface area contributed by atoms with Gasteiger partial charge in [0.2, 0.25) is 5.88 Å². The summed E-state index contributed by atoms with van der Waals surface area (Å²) in [5.74, 6) is 0.517. The molecule has 0 spiro atoms. The Morgan fingerprint density at radius 2 is 1.98 bits per heavy atom. The van der Waals surface area contributed by atoms with Crippen LogP contribution >= 0.6 is 0 Å². The Morgan fingerprint density at radius 1 is 1.14 bits per heavy atom. The first-order chi connectivity index (χ1) is 20.4. The van der Waals surface area contributed by atoms with Crippen LogP contribution in [0.3, 0.4) is 0 Å². The normalized spacial score (nSPS) is 17.5. The second kappa shape index (κ2) is 12.1. The van der Waals surface area contributed by atoms with E-state index in [2.05, 4.69) is 19.4 Å². The Hall–Kier alpha value is -4.60. The standard InChI is InChI=1S/C30H29FN6O5/c31-21-2-4-26(20(13-21)15-32)41-18-27-33-9-5-29(35-27)42-22-6-10-36(11-7-22)17-28-34-24-3-1-19(30(38)39)14-25(24)37(28)16-23-8-12-40-23/h1-5,9,13-14,22-23H,6-8,10-12,16-18H2,(H,38,39)/t23-/m0/s1. The van der Waals surface area contributed by atoms with E-state index in [1.165, 1.54) is 12.1 Å². The zero-order valence-corrected chi connectivity index (χ0v) is 22.8. The van der Waals surface area contributed by atoms with Gasteiger partial charge in [-0.05, 0) is 55.7 Å². The molecule has 0 saturated carbocycles. The number of nitriles is 1. The van der Waals surface area contributed by atoms with Crippen molar-refractivity contribution in [2.75, 3.05) is 19.7 Å². The van der Waals surface area contributed by atoms with Crippen molar-refractivity contribution in [2.24, 2.45) is 0 Å². The van der Waals surface area contributed by atoms with E-state index >= 15 is 0 Å². The molecule has 0 amide bonds. The van der Waals surface area contributed by atoms with Crippen LogP contribution in [-0.4, -0.2) is 67.4 Å². The Kier molecular flexibility index (Phi) is 7.94. The van der Waals surface area contributed by atoms with Gasteiger partial charge in [0.05, 0.1) is 41.4 Å². The third-order valence-corrected chi connectivity index (χ3v) is 7.54. The van der Waals surface area contributed by atoms with E-state index in [4.69, 9.17) is 19.2 Å². The summed E-state index contributed by atoms with van der Waals surface area (Å²) in [5.41, 5.74) is 1.93. The molecular weight excluding hydrogens is 543 g/mol. The minimum atomic E-state index is -0.961. The first-order valence-corrected chi connectivity index (χ1v) is 13.8. The number of benzene rings is 2. The molecule has 2 aliphatic rings. The molecular formula is C30H29FN6O5. The van der Waals surface area contributed by atoms with Gasteiger partial charge in [0, 0.05) is 32.0 Å². The predicted molar refractivity (Wildman–Crippen MR) is 147 cm³/mol. The van der Waals surface area contributed by atoms with Gasteiger partial charge in [0.15, 0.2) is 5.82 Å². The van der Waals surface area contributed by atoms with Crippen molar-refractivity contribution in [1.29, 1.82) is 5.26 Å². The highest BCUT2D eigenvalue weighted by Crippen LogP contribution is 2.25. The van der Waals surface area contributed by atoms with Gasteiger partial charge in [-0.25, -0.2) is 19.2 Å². The molecule has 0 unspecified atom stereocenters. The molecule has 42 heavy (non-hydrogen) atoms. The van der Waals surface area contributed by atoms with E-state index in [1.807, 2.05) is 6.07 Å². The molecule has 11 nitrogen and oxygen atoms in total. The predicted octanol–water partition coefficient (Wildman–Crippen LogP) is 3.95. The van der Waals surface area contributed by atoms with Crippen molar-refractivity contribution < 1.29 is 28.5 Å². The average molecular weight is 573 g/mol. The Labute approximate surface area is 241 Å². The van der Waals surface area contributed by atoms with Crippen LogP contribution in [0.4, 0.5) is 4.39 Å². The second-order valence-electron chi connectivity index (χ2n) is 10.4. The molecule has 0 aliphatic carbocycles. The molecule has 0 bridgehead atoms. The van der Waals surface area contributed by atoms with Gasteiger partial charge in [-0.3, -0.25) is 4.90 Å². The molecule has 1 atom stereocenters. The topological polar surface area (TPSA) is 136 Å². The molecule has 2 saturated heterocycles. The molecule has 2 aromatic heterocycles. The summed E-state index contributed by atoms with van der Waals surface area (Å²) in [4.78, 5) is 27.4. The van der Waals surface area contributed by atoms with Crippen LogP contribution in [0.1, 0.15) is 46.8 Å². The Bertz CT molecular complexity index is 1640. The molecule has 0 radical (unpaired) electrons. The van der Waals surface area contributed by atoms with Gasteiger partial charge < -0.3 is 23.9 Å². The molecule has 216 valence electrons. The number of nitrogens with zero attached hydrogens (tertiary/aromatic N) is 6. The van der Waals surface area contributed by atoms with Crippen molar-refractivity contribution in [3.63, 3.8) is 0 Å². The largest absolute Gasteiger partial charge is 0.484 e. The summed E-state index contributed by atoms with van der Waals surface area (Å²) in [5, 5.41) is 18.7. The first kappa shape index (κ1) is 27.6. The maximum atomic E-state index is 13.4. The summed E-state index contributed by atoms with van der Waals surface area (Å²) in [6.07, 6.45) is 4.26. The molecule has 2 aromatic carbocycles. The molecule has 12 heteroatoms. The lowest BCUT2D eigenvalue weighted by Crippen LogP contribution is -2.39. The summed E-state index contributed by atoms with van der Waals surface area (Å²) < 4.78 is 33.0. The van der Waals surface area contributed by atoms with E-state index in [0.717, 1.165) is 61.9 Å². The van der Waals surface area contributed by atoms with E-state index in [0.29, 0.717) is 24.8 Å². The highest BCUT2D eigenvalue weighted by Gasteiger charge is 2.26. The molecule has 1 N–H and O–H groups in total. The van der Waals surface area contributed by atoms with Gasteiger partial charge >= 0.3 is 5.97 Å². The van der Waals surface area contributed by atoms with E-state index in [1.54, 1.807) is 30.5 Å². The van der Waals surface area contributed by atoms with Crippen LogP contribution in [-0.2, 0) is 24.4 Å². The van der Waals surface area contributed by atoms with Crippen LogP contribution in [0, 0.1) is 17.1 Å². The van der Waals surface area contributed by atoms with Gasteiger partial charge in [0.25, 0.3) is 0 Å². The number of piperidine rings is 1. The number of hydrogen-bond donors (Lipinski definition) is 1. The molecule has 2 fully saturated rings. The zero-order chi connectivity index (χ0) is 29.1. The number of hydrogen-bond acceptors (Lipinski definition) is 9. The molecule has 2 aliphatic heterocycles. The third kappa shape index (κ3) is 6.17. The Morgan fingerprint density at radius 3 is 2.71 bits per heavy atom. The van der Waals surface area contributed by atoms with Gasteiger partial charge in [0.1, 0.15) is 36.2 Å². The fourth-order valence-corrected chi connectivity index (χ4v) is 5.19. The number of fused-ring (bicyclic) bond motifs is 1. The smallest absolute Gasteiger partial charge is 0.335 e. The quantitative estimate of drug-likeness (QED) is 0.298. The number of carboxylic acid groups (broad SMARTS) is 1. The van der Waals surface area contributed by atoms with E-state index in [9.17, 15) is 19.6 Å².